The molecule has 0 spiro atoms. The van der Waals surface area contributed by atoms with Gasteiger partial charge in [-0.25, -0.2) is 0 Å². The Balaban J connectivity index is 1.80. The maximum atomic E-state index is 12.7. The van der Waals surface area contributed by atoms with Crippen molar-refractivity contribution in [3.05, 3.63) is 33.7 Å². The first-order valence-corrected chi connectivity index (χ1v) is 8.08. The fourth-order valence-electron chi connectivity index (χ4n) is 5.53. The van der Waals surface area contributed by atoms with Crippen molar-refractivity contribution in [1.82, 2.24) is 4.57 Å². The summed E-state index contributed by atoms with van der Waals surface area (Å²) in [6, 6.07) is 4.43. The summed E-state index contributed by atoms with van der Waals surface area (Å²) in [6.07, 6.45) is 6.83. The lowest BCUT2D eigenvalue weighted by Crippen LogP contribution is -2.49. The van der Waals surface area contributed by atoms with Gasteiger partial charge in [-0.15, -0.1) is 0 Å². The summed E-state index contributed by atoms with van der Waals surface area (Å²) in [5.41, 5.74) is 7.79. The Hall–Kier alpha value is -1.09. The van der Waals surface area contributed by atoms with Crippen molar-refractivity contribution in [2.24, 2.45) is 29.4 Å². The van der Waals surface area contributed by atoms with E-state index in [4.69, 9.17) is 5.73 Å². The average molecular weight is 272 g/mol. The van der Waals surface area contributed by atoms with Gasteiger partial charge in [0, 0.05) is 23.8 Å². The first-order valence-electron chi connectivity index (χ1n) is 8.08. The molecule has 0 aromatic carbocycles. The number of hydrogen-bond donors (Lipinski definition) is 1. The number of hydrogen-bond acceptors (Lipinski definition) is 2. The molecule has 1 aromatic rings. The quantitative estimate of drug-likeness (QED) is 0.899. The van der Waals surface area contributed by atoms with E-state index in [9.17, 15) is 4.79 Å². The molecule has 108 valence electrons. The molecule has 0 radical (unpaired) electrons. The van der Waals surface area contributed by atoms with Crippen LogP contribution in [0.4, 0.5) is 0 Å². The van der Waals surface area contributed by atoms with Crippen LogP contribution in [-0.2, 0) is 6.54 Å². The minimum absolute atomic E-state index is 0.171. The van der Waals surface area contributed by atoms with Gasteiger partial charge in [-0.3, -0.25) is 4.79 Å². The molecule has 0 atom stereocenters. The summed E-state index contributed by atoms with van der Waals surface area (Å²) in [4.78, 5) is 12.7. The van der Waals surface area contributed by atoms with Gasteiger partial charge in [0.25, 0.3) is 5.56 Å². The van der Waals surface area contributed by atoms with Gasteiger partial charge in [0.1, 0.15) is 0 Å². The molecule has 1 aromatic heterocycles. The van der Waals surface area contributed by atoms with E-state index in [1.54, 1.807) is 0 Å². The Kier molecular flexibility index (Phi) is 2.81. The van der Waals surface area contributed by atoms with Gasteiger partial charge >= 0.3 is 0 Å². The third-order valence-corrected chi connectivity index (χ3v) is 6.09. The fourth-order valence-corrected chi connectivity index (χ4v) is 5.53. The average Bonchev–Trinajstić information content (AvgIpc) is 2.41. The van der Waals surface area contributed by atoms with Crippen molar-refractivity contribution in [2.75, 3.05) is 0 Å². The Bertz CT molecular complexity index is 561. The lowest BCUT2D eigenvalue weighted by Gasteiger charge is -2.55. The molecular weight excluding hydrogens is 248 g/mol. The molecule has 2 N–H and O–H groups in total. The number of aromatic nitrogens is 1. The van der Waals surface area contributed by atoms with Crippen LogP contribution in [-0.4, -0.2) is 4.57 Å². The number of rotatable bonds is 2. The summed E-state index contributed by atoms with van der Waals surface area (Å²) in [5, 5.41) is 0. The van der Waals surface area contributed by atoms with E-state index in [0.717, 1.165) is 34.9 Å². The minimum Gasteiger partial charge on any atom is -0.326 e. The first kappa shape index (κ1) is 12.6. The molecule has 4 bridgehead atoms. The molecule has 0 amide bonds. The van der Waals surface area contributed by atoms with Crippen molar-refractivity contribution >= 4 is 0 Å². The highest BCUT2D eigenvalue weighted by atomic mass is 16.1. The zero-order chi connectivity index (χ0) is 13.9. The number of pyridine rings is 1. The highest BCUT2D eigenvalue weighted by Gasteiger charge is 2.49. The summed E-state index contributed by atoms with van der Waals surface area (Å²) < 4.78 is 2.11. The number of nitrogens with zero attached hydrogens (tertiary/aromatic N) is 1. The molecule has 3 nitrogen and oxygen atoms in total. The molecule has 0 aliphatic heterocycles. The van der Waals surface area contributed by atoms with Crippen LogP contribution in [0.3, 0.4) is 0 Å². The zero-order valence-electron chi connectivity index (χ0n) is 12.2. The Morgan fingerprint density at radius 3 is 2.25 bits per heavy atom. The van der Waals surface area contributed by atoms with Crippen LogP contribution in [0.5, 0.6) is 0 Å². The fraction of sp³-hybridized carbons (Fsp3) is 0.706. The van der Waals surface area contributed by atoms with E-state index >= 15 is 0 Å². The third-order valence-electron chi connectivity index (χ3n) is 6.09. The summed E-state index contributed by atoms with van der Waals surface area (Å²) >= 11 is 0. The molecule has 4 saturated carbocycles. The second kappa shape index (κ2) is 4.45. The van der Waals surface area contributed by atoms with Crippen molar-refractivity contribution in [1.29, 1.82) is 0 Å². The topological polar surface area (TPSA) is 48.0 Å². The molecule has 4 aliphatic rings. The molecule has 5 rings (SSSR count). The van der Waals surface area contributed by atoms with Crippen LogP contribution in [0.1, 0.15) is 49.4 Å². The lowest BCUT2D eigenvalue weighted by molar-refractivity contribution is -0.0311. The van der Waals surface area contributed by atoms with Gasteiger partial charge in [-0.1, -0.05) is 6.07 Å². The van der Waals surface area contributed by atoms with E-state index < -0.39 is 0 Å². The van der Waals surface area contributed by atoms with E-state index in [1.165, 1.54) is 32.1 Å². The van der Waals surface area contributed by atoms with Gasteiger partial charge < -0.3 is 10.3 Å². The SMILES string of the molecule is Cc1ccc(CN)c(=O)n1C1C2CC3CC(C2)CC1C3. The zero-order valence-corrected chi connectivity index (χ0v) is 12.2. The predicted molar refractivity (Wildman–Crippen MR) is 79.4 cm³/mol. The van der Waals surface area contributed by atoms with Gasteiger partial charge in [-0.05, 0) is 68.8 Å². The van der Waals surface area contributed by atoms with Crippen LogP contribution >= 0.6 is 0 Å². The van der Waals surface area contributed by atoms with Crippen LogP contribution < -0.4 is 11.3 Å². The molecule has 20 heavy (non-hydrogen) atoms. The molecule has 4 fully saturated rings. The standard InChI is InChI=1S/C17H24N2O/c1-10-2-3-13(9-18)17(20)19(10)16-14-5-11-4-12(7-14)8-15(16)6-11/h2-3,11-12,14-16H,4-9,18H2,1H3. The van der Waals surface area contributed by atoms with Crippen LogP contribution in [0.15, 0.2) is 16.9 Å². The maximum Gasteiger partial charge on any atom is 0.255 e. The molecule has 1 heterocycles. The van der Waals surface area contributed by atoms with Gasteiger partial charge in [-0.2, -0.15) is 0 Å². The number of nitrogens with two attached hydrogens (primary N) is 1. The maximum absolute atomic E-state index is 12.7. The van der Waals surface area contributed by atoms with Crippen molar-refractivity contribution < 1.29 is 0 Å². The normalized spacial score (nSPS) is 38.4. The van der Waals surface area contributed by atoms with Crippen LogP contribution in [0.2, 0.25) is 0 Å². The molecular formula is C17H24N2O. The van der Waals surface area contributed by atoms with Gasteiger partial charge in [0.05, 0.1) is 0 Å². The summed E-state index contributed by atoms with van der Waals surface area (Å²) in [7, 11) is 0. The highest BCUT2D eigenvalue weighted by Crippen LogP contribution is 2.58. The number of aryl methyl sites for hydroxylation is 1. The second-order valence-electron chi connectivity index (χ2n) is 7.30. The molecule has 4 aliphatic carbocycles. The highest BCUT2D eigenvalue weighted by molar-refractivity contribution is 5.18. The molecule has 0 saturated heterocycles. The molecule has 0 unspecified atom stereocenters. The van der Waals surface area contributed by atoms with Crippen molar-refractivity contribution in [3.63, 3.8) is 0 Å². The first-order chi connectivity index (χ1) is 9.67. The minimum atomic E-state index is 0.171. The Labute approximate surface area is 120 Å². The largest absolute Gasteiger partial charge is 0.326 e. The third kappa shape index (κ3) is 1.72. The Morgan fingerprint density at radius 1 is 1.10 bits per heavy atom. The van der Waals surface area contributed by atoms with Crippen molar-refractivity contribution in [2.45, 2.75) is 51.6 Å². The monoisotopic (exact) mass is 272 g/mol. The van der Waals surface area contributed by atoms with Crippen LogP contribution in [0, 0.1) is 30.6 Å². The van der Waals surface area contributed by atoms with Gasteiger partial charge in [0.2, 0.25) is 0 Å². The van der Waals surface area contributed by atoms with Crippen LogP contribution in [0.25, 0.3) is 0 Å². The predicted octanol–water partition coefficient (Wildman–Crippen LogP) is 2.61. The van der Waals surface area contributed by atoms with E-state index in [0.29, 0.717) is 12.6 Å². The van der Waals surface area contributed by atoms with E-state index in [2.05, 4.69) is 17.6 Å². The second-order valence-corrected chi connectivity index (χ2v) is 7.30. The summed E-state index contributed by atoms with van der Waals surface area (Å²) in [5.74, 6) is 3.36. The lowest BCUT2D eigenvalue weighted by atomic mass is 9.54. The smallest absolute Gasteiger partial charge is 0.255 e. The Morgan fingerprint density at radius 2 is 1.70 bits per heavy atom. The van der Waals surface area contributed by atoms with Crippen molar-refractivity contribution in [3.8, 4) is 0 Å². The van der Waals surface area contributed by atoms with Gasteiger partial charge in [0.15, 0.2) is 0 Å². The summed E-state index contributed by atoms with van der Waals surface area (Å²) in [6.45, 7) is 2.43. The van der Waals surface area contributed by atoms with E-state index in [-0.39, 0.29) is 5.56 Å². The van der Waals surface area contributed by atoms with E-state index in [1.807, 2.05) is 6.07 Å². The molecule has 3 heteroatoms.